The molecule has 0 N–H and O–H groups in total. The van der Waals surface area contributed by atoms with Gasteiger partial charge in [-0.15, -0.1) is 4.79 Å². The molecular formula is C29H38N2. The summed E-state index contributed by atoms with van der Waals surface area (Å²) in [5, 5.41) is 0. The highest BCUT2D eigenvalue weighted by molar-refractivity contribution is 5.85. The minimum absolute atomic E-state index is 0.935. The van der Waals surface area contributed by atoms with Gasteiger partial charge in [-0.3, -0.25) is 0 Å². The molecule has 0 aliphatic carbocycles. The lowest BCUT2D eigenvalue weighted by Crippen LogP contribution is -1.96. The summed E-state index contributed by atoms with van der Waals surface area (Å²) in [4.78, 5) is 3.12. The molecule has 0 spiro atoms. The molecule has 0 aliphatic heterocycles. The van der Waals surface area contributed by atoms with Gasteiger partial charge < -0.3 is 5.53 Å². The van der Waals surface area contributed by atoms with Crippen LogP contribution in [-0.4, -0.2) is 10.7 Å². The summed E-state index contributed by atoms with van der Waals surface area (Å²) in [6.07, 6.45) is 13.5. The van der Waals surface area contributed by atoms with E-state index in [1.165, 1.54) is 65.5 Å². The third kappa shape index (κ3) is 8.18. The van der Waals surface area contributed by atoms with Crippen LogP contribution in [0.2, 0.25) is 0 Å². The molecule has 0 unspecified atom stereocenters. The lowest BCUT2D eigenvalue weighted by Gasteiger charge is -2.15. The van der Waals surface area contributed by atoms with Crippen molar-refractivity contribution in [2.75, 3.05) is 0 Å². The molecule has 0 aromatic heterocycles. The van der Waals surface area contributed by atoms with Crippen LogP contribution in [-0.2, 0) is 12.8 Å². The van der Waals surface area contributed by atoms with Crippen molar-refractivity contribution >= 4 is 11.4 Å². The number of allylic oxidation sites excluding steroid dienone is 2. The van der Waals surface area contributed by atoms with E-state index < -0.39 is 0 Å². The Bertz CT molecular complexity index is 891. The molecule has 0 bridgehead atoms. The molecule has 164 valence electrons. The molecular weight excluding hydrogens is 376 g/mol. The second kappa shape index (κ2) is 14.4. The number of rotatable bonds is 13. The molecule has 0 heterocycles. The van der Waals surface area contributed by atoms with E-state index in [1.807, 2.05) is 6.08 Å². The molecule has 0 atom stereocenters. The summed E-state index contributed by atoms with van der Waals surface area (Å²) < 4.78 is 0. The Morgan fingerprint density at radius 2 is 1.26 bits per heavy atom. The van der Waals surface area contributed by atoms with E-state index in [2.05, 4.69) is 80.0 Å². The molecule has 31 heavy (non-hydrogen) atoms. The first-order valence-electron chi connectivity index (χ1n) is 12.1. The Labute approximate surface area is 189 Å². The maximum absolute atomic E-state index is 8.98. The van der Waals surface area contributed by atoms with Crippen molar-refractivity contribution in [1.82, 2.24) is 0 Å². The van der Waals surface area contributed by atoms with Crippen molar-refractivity contribution in [3.63, 3.8) is 0 Å². The first-order chi connectivity index (χ1) is 15.2. The molecule has 0 radical (unpaired) electrons. The lowest BCUT2D eigenvalue weighted by atomic mass is 9.89. The van der Waals surface area contributed by atoms with Crippen LogP contribution in [0, 0.1) is 0 Å². The molecule has 0 saturated carbocycles. The first kappa shape index (κ1) is 24.6. The van der Waals surface area contributed by atoms with Gasteiger partial charge in [0.25, 0.3) is 5.87 Å². The van der Waals surface area contributed by atoms with Crippen molar-refractivity contribution in [2.45, 2.75) is 85.0 Å². The predicted octanol–water partition coefficient (Wildman–Crippen LogP) is 8.21. The summed E-state index contributed by atoms with van der Waals surface area (Å²) in [7, 11) is 0. The first-order valence-corrected chi connectivity index (χ1v) is 12.1. The standard InChI is InChI=1S/C29H38N2/c1-4-7-10-12-25-16-20-28(21-17-25)29(26(13-9-6-3)22-23-31-30)27-18-14-24(15-19-27)11-8-5-2/h14-22H,4-13H2,1-3H3. The highest BCUT2D eigenvalue weighted by Crippen LogP contribution is 2.31. The second-order valence-corrected chi connectivity index (χ2v) is 8.33. The smallest absolute Gasteiger partial charge is 0.299 e. The van der Waals surface area contributed by atoms with Crippen LogP contribution in [0.4, 0.5) is 0 Å². The van der Waals surface area contributed by atoms with Gasteiger partial charge in [-0.05, 0) is 71.9 Å². The zero-order valence-electron chi connectivity index (χ0n) is 19.7. The molecule has 2 heteroatoms. The molecule has 0 amide bonds. The van der Waals surface area contributed by atoms with Crippen LogP contribution in [0.15, 0.2) is 60.2 Å². The second-order valence-electron chi connectivity index (χ2n) is 8.33. The number of hydrogen-bond acceptors (Lipinski definition) is 0. The van der Waals surface area contributed by atoms with Crippen molar-refractivity contribution in [1.29, 1.82) is 0 Å². The van der Waals surface area contributed by atoms with Crippen LogP contribution in [0.1, 0.15) is 94.4 Å². The fourth-order valence-corrected chi connectivity index (χ4v) is 3.92. The van der Waals surface area contributed by atoms with E-state index in [9.17, 15) is 0 Å². The van der Waals surface area contributed by atoms with Gasteiger partial charge in [0.1, 0.15) is 0 Å². The van der Waals surface area contributed by atoms with Gasteiger partial charge in [0.2, 0.25) is 0 Å². The molecule has 0 aliphatic rings. The van der Waals surface area contributed by atoms with Crippen LogP contribution in [0.5, 0.6) is 0 Å². The van der Waals surface area contributed by atoms with E-state index in [-0.39, 0.29) is 0 Å². The third-order valence-electron chi connectivity index (χ3n) is 5.79. The van der Waals surface area contributed by atoms with Gasteiger partial charge in [0.15, 0.2) is 0 Å². The SMILES string of the molecule is CCCCCc1ccc(C(=C(C=C=[N+]=[N-])CCCC)c2ccc(CCCC)cc2)cc1. The fourth-order valence-electron chi connectivity index (χ4n) is 3.92. The molecule has 2 aromatic carbocycles. The average molecular weight is 415 g/mol. The highest BCUT2D eigenvalue weighted by Gasteiger charge is 2.12. The normalized spacial score (nSPS) is 11.5. The summed E-state index contributed by atoms with van der Waals surface area (Å²) >= 11 is 0. The van der Waals surface area contributed by atoms with Crippen molar-refractivity contribution in [3.05, 3.63) is 88.0 Å². The number of hydrogen-bond donors (Lipinski definition) is 0. The van der Waals surface area contributed by atoms with Crippen molar-refractivity contribution < 1.29 is 4.79 Å². The van der Waals surface area contributed by atoms with Crippen molar-refractivity contribution in [2.24, 2.45) is 0 Å². The van der Waals surface area contributed by atoms with E-state index in [0.717, 1.165) is 32.1 Å². The zero-order valence-corrected chi connectivity index (χ0v) is 19.7. The maximum Gasteiger partial charge on any atom is 0.299 e. The monoisotopic (exact) mass is 414 g/mol. The number of aryl methyl sites for hydroxylation is 2. The van der Waals surface area contributed by atoms with E-state index in [1.54, 1.807) is 0 Å². The van der Waals surface area contributed by atoms with Crippen LogP contribution in [0.3, 0.4) is 0 Å². The summed E-state index contributed by atoms with van der Waals surface area (Å²) in [6, 6.07) is 18.0. The fraction of sp³-hybridized carbons (Fsp3) is 0.448. The van der Waals surface area contributed by atoms with Gasteiger partial charge in [0, 0.05) is 0 Å². The number of unbranched alkanes of at least 4 members (excludes halogenated alkanes) is 4. The summed E-state index contributed by atoms with van der Waals surface area (Å²) in [5.74, 6) is 2.66. The maximum atomic E-state index is 8.98. The Balaban J connectivity index is 2.47. The molecule has 0 fully saturated rings. The van der Waals surface area contributed by atoms with Gasteiger partial charge in [0.05, 0.1) is 6.08 Å². The quantitative estimate of drug-likeness (QED) is 0.104. The van der Waals surface area contributed by atoms with Crippen LogP contribution in [0.25, 0.3) is 11.1 Å². The Hall–Kier alpha value is -2.66. The number of benzene rings is 2. The summed E-state index contributed by atoms with van der Waals surface area (Å²) in [6.45, 7) is 6.68. The highest BCUT2D eigenvalue weighted by atomic mass is 14.8. The lowest BCUT2D eigenvalue weighted by molar-refractivity contribution is 0.00800. The Morgan fingerprint density at radius 1 is 0.742 bits per heavy atom. The van der Waals surface area contributed by atoms with Crippen LogP contribution >= 0.6 is 0 Å². The van der Waals surface area contributed by atoms with Gasteiger partial charge >= 0.3 is 0 Å². The topological polar surface area (TPSA) is 36.4 Å². The predicted molar refractivity (Wildman–Crippen MR) is 133 cm³/mol. The van der Waals surface area contributed by atoms with Gasteiger partial charge in [-0.2, -0.15) is 0 Å². The minimum Gasteiger partial charge on any atom is -0.348 e. The molecule has 0 saturated heterocycles. The van der Waals surface area contributed by atoms with E-state index in [0.29, 0.717) is 0 Å². The van der Waals surface area contributed by atoms with Gasteiger partial charge in [-0.25, -0.2) is 0 Å². The Morgan fingerprint density at radius 3 is 1.74 bits per heavy atom. The molecule has 2 nitrogen and oxygen atoms in total. The minimum atomic E-state index is 0.935. The summed E-state index contributed by atoms with van der Waals surface area (Å²) in [5.41, 5.74) is 16.6. The largest absolute Gasteiger partial charge is 0.348 e. The van der Waals surface area contributed by atoms with Crippen LogP contribution < -0.4 is 0 Å². The Kier molecular flexibility index (Phi) is 11.4. The zero-order chi connectivity index (χ0) is 22.3. The van der Waals surface area contributed by atoms with Crippen molar-refractivity contribution in [3.8, 4) is 0 Å². The molecule has 2 aromatic rings. The number of nitrogens with zero attached hydrogens (tertiary/aromatic N) is 2. The van der Waals surface area contributed by atoms with E-state index >= 15 is 0 Å². The van der Waals surface area contributed by atoms with E-state index in [4.69, 9.17) is 5.53 Å². The average Bonchev–Trinajstić information content (AvgIpc) is 2.81. The van der Waals surface area contributed by atoms with Gasteiger partial charge in [-0.1, -0.05) is 95.0 Å². The molecule has 2 rings (SSSR count). The third-order valence-corrected chi connectivity index (χ3v) is 5.79.